The first-order valence-corrected chi connectivity index (χ1v) is 6.30. The zero-order valence-corrected chi connectivity index (χ0v) is 11.3. The van der Waals surface area contributed by atoms with Crippen LogP contribution >= 0.6 is 0 Å². The van der Waals surface area contributed by atoms with Crippen molar-refractivity contribution in [2.75, 3.05) is 5.32 Å². The van der Waals surface area contributed by atoms with Crippen LogP contribution in [-0.4, -0.2) is 20.7 Å². The van der Waals surface area contributed by atoms with Crippen LogP contribution in [0.3, 0.4) is 0 Å². The Hall–Kier alpha value is -2.69. The molecular formula is C15H14N4O. The summed E-state index contributed by atoms with van der Waals surface area (Å²) in [5, 5.41) is 8.04. The van der Waals surface area contributed by atoms with Crippen molar-refractivity contribution in [1.29, 1.82) is 0 Å². The first-order chi connectivity index (χ1) is 9.65. The highest BCUT2D eigenvalue weighted by Crippen LogP contribution is 2.21. The normalized spacial score (nSPS) is 10.7. The van der Waals surface area contributed by atoms with E-state index in [0.717, 1.165) is 16.5 Å². The summed E-state index contributed by atoms with van der Waals surface area (Å²) >= 11 is 0. The number of rotatable bonds is 2. The molecule has 0 radical (unpaired) electrons. The van der Waals surface area contributed by atoms with Gasteiger partial charge in [-0.15, -0.1) is 0 Å². The van der Waals surface area contributed by atoms with Gasteiger partial charge in [0.2, 0.25) is 0 Å². The molecule has 100 valence electrons. The summed E-state index contributed by atoms with van der Waals surface area (Å²) < 4.78 is 1.63. The number of hydrogen-bond donors (Lipinski definition) is 1. The molecule has 3 rings (SSSR count). The second-order valence-electron chi connectivity index (χ2n) is 4.67. The van der Waals surface area contributed by atoms with E-state index in [4.69, 9.17) is 0 Å². The van der Waals surface area contributed by atoms with Gasteiger partial charge in [0.1, 0.15) is 0 Å². The fourth-order valence-corrected chi connectivity index (χ4v) is 2.22. The molecule has 20 heavy (non-hydrogen) atoms. The minimum Gasteiger partial charge on any atom is -0.319 e. The van der Waals surface area contributed by atoms with Crippen molar-refractivity contribution in [1.82, 2.24) is 14.8 Å². The Morgan fingerprint density at radius 1 is 1.25 bits per heavy atom. The number of nitrogens with zero attached hydrogens (tertiary/aromatic N) is 3. The van der Waals surface area contributed by atoms with Crippen molar-refractivity contribution < 1.29 is 4.79 Å². The van der Waals surface area contributed by atoms with Gasteiger partial charge in [0, 0.05) is 30.4 Å². The van der Waals surface area contributed by atoms with Crippen LogP contribution in [0.15, 0.2) is 42.7 Å². The summed E-state index contributed by atoms with van der Waals surface area (Å²) in [7, 11) is 1.79. The average Bonchev–Trinajstić information content (AvgIpc) is 2.78. The Morgan fingerprint density at radius 2 is 2.05 bits per heavy atom. The van der Waals surface area contributed by atoms with E-state index >= 15 is 0 Å². The van der Waals surface area contributed by atoms with Crippen LogP contribution < -0.4 is 5.32 Å². The summed E-state index contributed by atoms with van der Waals surface area (Å²) in [4.78, 5) is 16.6. The van der Waals surface area contributed by atoms with Gasteiger partial charge < -0.3 is 5.32 Å². The molecule has 0 aliphatic carbocycles. The summed E-state index contributed by atoms with van der Waals surface area (Å²) in [6.45, 7) is 1.86. The Balaban J connectivity index is 1.97. The SMILES string of the molecule is Cc1cn(C)nc1C(=O)Nc1cccc2cccnc12. The maximum absolute atomic E-state index is 12.3. The summed E-state index contributed by atoms with van der Waals surface area (Å²) in [5.74, 6) is -0.221. The van der Waals surface area contributed by atoms with Crippen LogP contribution in [0.2, 0.25) is 0 Å². The lowest BCUT2D eigenvalue weighted by Gasteiger charge is -2.07. The third kappa shape index (κ3) is 2.14. The molecule has 0 bridgehead atoms. The second kappa shape index (κ2) is 4.77. The van der Waals surface area contributed by atoms with E-state index in [2.05, 4.69) is 15.4 Å². The van der Waals surface area contributed by atoms with Crippen molar-refractivity contribution >= 4 is 22.5 Å². The number of hydrogen-bond acceptors (Lipinski definition) is 3. The highest BCUT2D eigenvalue weighted by atomic mass is 16.2. The molecule has 0 saturated carbocycles. The number of fused-ring (bicyclic) bond motifs is 1. The zero-order valence-electron chi connectivity index (χ0n) is 11.3. The number of benzene rings is 1. The van der Waals surface area contributed by atoms with Crippen LogP contribution in [0.1, 0.15) is 16.1 Å². The molecule has 0 aliphatic heterocycles. The van der Waals surface area contributed by atoms with Gasteiger partial charge in [-0.1, -0.05) is 18.2 Å². The van der Waals surface area contributed by atoms with E-state index in [1.54, 1.807) is 17.9 Å². The van der Waals surface area contributed by atoms with Crippen molar-refractivity contribution in [2.45, 2.75) is 6.92 Å². The molecule has 0 saturated heterocycles. The van der Waals surface area contributed by atoms with E-state index in [1.807, 2.05) is 43.5 Å². The topological polar surface area (TPSA) is 59.8 Å². The number of pyridine rings is 1. The first-order valence-electron chi connectivity index (χ1n) is 6.30. The minimum absolute atomic E-state index is 0.221. The molecule has 5 nitrogen and oxygen atoms in total. The van der Waals surface area contributed by atoms with E-state index in [1.165, 1.54) is 0 Å². The Labute approximate surface area is 116 Å². The Morgan fingerprint density at radius 3 is 2.80 bits per heavy atom. The number of nitrogens with one attached hydrogen (secondary N) is 1. The zero-order chi connectivity index (χ0) is 14.1. The van der Waals surface area contributed by atoms with Crippen LogP contribution in [0.25, 0.3) is 10.9 Å². The van der Waals surface area contributed by atoms with E-state index in [9.17, 15) is 4.79 Å². The fraction of sp³-hybridized carbons (Fsp3) is 0.133. The summed E-state index contributed by atoms with van der Waals surface area (Å²) in [6, 6.07) is 9.53. The number of aromatic nitrogens is 3. The Bertz CT molecular complexity index is 786. The third-order valence-electron chi connectivity index (χ3n) is 3.11. The molecule has 1 aromatic carbocycles. The molecule has 0 spiro atoms. The van der Waals surface area contributed by atoms with Crippen LogP contribution in [0.4, 0.5) is 5.69 Å². The molecule has 3 aromatic rings. The van der Waals surface area contributed by atoms with Crippen molar-refractivity contribution in [2.24, 2.45) is 7.05 Å². The summed E-state index contributed by atoms with van der Waals surface area (Å²) in [5.41, 5.74) is 2.74. The predicted molar refractivity (Wildman–Crippen MR) is 77.6 cm³/mol. The maximum Gasteiger partial charge on any atom is 0.276 e. The third-order valence-corrected chi connectivity index (χ3v) is 3.11. The number of amides is 1. The average molecular weight is 266 g/mol. The maximum atomic E-state index is 12.3. The molecule has 2 aromatic heterocycles. The lowest BCUT2D eigenvalue weighted by Crippen LogP contribution is -2.14. The van der Waals surface area contributed by atoms with Gasteiger partial charge in [-0.2, -0.15) is 5.10 Å². The highest BCUT2D eigenvalue weighted by molar-refractivity contribution is 6.07. The largest absolute Gasteiger partial charge is 0.319 e. The second-order valence-corrected chi connectivity index (χ2v) is 4.67. The van der Waals surface area contributed by atoms with Gasteiger partial charge in [-0.05, 0) is 19.1 Å². The monoisotopic (exact) mass is 266 g/mol. The number of para-hydroxylation sites is 1. The van der Waals surface area contributed by atoms with Crippen molar-refractivity contribution in [3.05, 3.63) is 54.0 Å². The standard InChI is InChI=1S/C15H14N4O/c1-10-9-19(2)18-13(10)15(20)17-12-7-3-5-11-6-4-8-16-14(11)12/h3-9H,1-2H3,(H,17,20). The van der Waals surface area contributed by atoms with E-state index in [0.29, 0.717) is 11.4 Å². The van der Waals surface area contributed by atoms with Crippen LogP contribution in [-0.2, 0) is 7.05 Å². The number of carbonyl (C=O) groups is 1. The minimum atomic E-state index is -0.221. The van der Waals surface area contributed by atoms with Gasteiger partial charge in [0.05, 0.1) is 11.2 Å². The number of carbonyl (C=O) groups excluding carboxylic acids is 1. The molecule has 0 atom stereocenters. The number of anilines is 1. The van der Waals surface area contributed by atoms with Gasteiger partial charge in [-0.25, -0.2) is 0 Å². The molecule has 1 amide bonds. The van der Waals surface area contributed by atoms with Crippen molar-refractivity contribution in [3.63, 3.8) is 0 Å². The summed E-state index contributed by atoms with van der Waals surface area (Å²) in [6.07, 6.45) is 3.53. The van der Waals surface area contributed by atoms with E-state index in [-0.39, 0.29) is 5.91 Å². The number of aryl methyl sites for hydroxylation is 2. The highest BCUT2D eigenvalue weighted by Gasteiger charge is 2.14. The van der Waals surface area contributed by atoms with Gasteiger partial charge in [0.15, 0.2) is 5.69 Å². The van der Waals surface area contributed by atoms with E-state index < -0.39 is 0 Å². The van der Waals surface area contributed by atoms with Gasteiger partial charge in [0.25, 0.3) is 5.91 Å². The molecule has 1 N–H and O–H groups in total. The van der Waals surface area contributed by atoms with Crippen LogP contribution in [0, 0.1) is 6.92 Å². The first kappa shape index (κ1) is 12.3. The van der Waals surface area contributed by atoms with Gasteiger partial charge >= 0.3 is 0 Å². The lowest BCUT2D eigenvalue weighted by molar-refractivity contribution is 0.102. The molecule has 0 fully saturated rings. The molecule has 0 unspecified atom stereocenters. The van der Waals surface area contributed by atoms with Crippen LogP contribution in [0.5, 0.6) is 0 Å². The molecule has 5 heteroatoms. The lowest BCUT2D eigenvalue weighted by atomic mass is 10.2. The smallest absolute Gasteiger partial charge is 0.276 e. The van der Waals surface area contributed by atoms with Gasteiger partial charge in [-0.3, -0.25) is 14.5 Å². The Kier molecular flexibility index (Phi) is 2.95. The predicted octanol–water partition coefficient (Wildman–Crippen LogP) is 2.53. The molecule has 0 aliphatic rings. The molecule has 2 heterocycles. The molecular weight excluding hydrogens is 252 g/mol. The fourth-order valence-electron chi connectivity index (χ4n) is 2.22. The van der Waals surface area contributed by atoms with Crippen molar-refractivity contribution in [3.8, 4) is 0 Å². The quantitative estimate of drug-likeness (QED) is 0.775.